The molecule has 0 saturated heterocycles. The summed E-state index contributed by atoms with van der Waals surface area (Å²) in [6.07, 6.45) is 0.370. The standard InChI is InChI=1S/C8H14N2O3/c1-5(11)7(10-6(2)12)3-4-8(9)13/h7H,3-4H2,1-2H3,(H2,9,13)(H,10,12). The maximum atomic E-state index is 10.9. The summed E-state index contributed by atoms with van der Waals surface area (Å²) < 4.78 is 0. The predicted octanol–water partition coefficient (Wildman–Crippen LogP) is -0.654. The first-order valence-electron chi connectivity index (χ1n) is 3.99. The molecule has 0 rings (SSSR count). The van der Waals surface area contributed by atoms with Crippen molar-refractivity contribution in [1.82, 2.24) is 5.32 Å². The highest BCUT2D eigenvalue weighted by atomic mass is 16.2. The van der Waals surface area contributed by atoms with E-state index < -0.39 is 11.9 Å². The quantitative estimate of drug-likeness (QED) is 0.597. The fraction of sp³-hybridized carbons (Fsp3) is 0.625. The molecule has 0 spiro atoms. The fourth-order valence-corrected chi connectivity index (χ4v) is 0.909. The first-order valence-corrected chi connectivity index (χ1v) is 3.99. The normalized spacial score (nSPS) is 11.8. The zero-order valence-corrected chi connectivity index (χ0v) is 7.79. The maximum absolute atomic E-state index is 10.9. The second-order valence-corrected chi connectivity index (χ2v) is 2.87. The Morgan fingerprint density at radius 3 is 2.15 bits per heavy atom. The first-order chi connectivity index (χ1) is 5.93. The number of nitrogens with one attached hydrogen (secondary N) is 1. The largest absolute Gasteiger partial charge is 0.370 e. The van der Waals surface area contributed by atoms with Gasteiger partial charge in [-0.2, -0.15) is 0 Å². The van der Waals surface area contributed by atoms with Crippen molar-refractivity contribution in [2.75, 3.05) is 0 Å². The molecular weight excluding hydrogens is 172 g/mol. The summed E-state index contributed by atoms with van der Waals surface area (Å²) in [5.41, 5.74) is 4.91. The first kappa shape index (κ1) is 11.6. The van der Waals surface area contributed by atoms with Crippen molar-refractivity contribution in [2.45, 2.75) is 32.7 Å². The molecule has 3 N–H and O–H groups in total. The SMILES string of the molecule is CC(=O)NC(CCC(N)=O)C(C)=O. The Kier molecular flexibility index (Phi) is 4.72. The third-order valence-electron chi connectivity index (χ3n) is 1.55. The van der Waals surface area contributed by atoms with Crippen LogP contribution in [0.1, 0.15) is 26.7 Å². The number of nitrogens with two attached hydrogens (primary N) is 1. The summed E-state index contributed by atoms with van der Waals surface area (Å²) in [5.74, 6) is -0.933. The Balaban J connectivity index is 4.02. The van der Waals surface area contributed by atoms with E-state index in [0.717, 1.165) is 0 Å². The molecule has 0 fully saturated rings. The van der Waals surface area contributed by atoms with E-state index >= 15 is 0 Å². The third kappa shape index (κ3) is 5.84. The van der Waals surface area contributed by atoms with Crippen LogP contribution in [-0.4, -0.2) is 23.6 Å². The van der Waals surface area contributed by atoms with Crippen LogP contribution in [0.3, 0.4) is 0 Å². The van der Waals surface area contributed by atoms with Crippen LogP contribution >= 0.6 is 0 Å². The Bertz CT molecular complexity index is 225. The summed E-state index contributed by atoms with van der Waals surface area (Å²) in [6, 6.07) is -0.593. The average Bonchev–Trinajstić information content (AvgIpc) is 1.96. The molecule has 74 valence electrons. The maximum Gasteiger partial charge on any atom is 0.217 e. The second-order valence-electron chi connectivity index (χ2n) is 2.87. The summed E-state index contributed by atoms with van der Waals surface area (Å²) in [4.78, 5) is 32.0. The van der Waals surface area contributed by atoms with Crippen LogP contribution in [0, 0.1) is 0 Å². The van der Waals surface area contributed by atoms with Gasteiger partial charge in [-0.25, -0.2) is 0 Å². The molecule has 0 aromatic rings. The fourth-order valence-electron chi connectivity index (χ4n) is 0.909. The number of primary amides is 1. The van der Waals surface area contributed by atoms with Crippen molar-refractivity contribution in [3.8, 4) is 0 Å². The van der Waals surface area contributed by atoms with Gasteiger partial charge in [0.25, 0.3) is 0 Å². The monoisotopic (exact) mass is 186 g/mol. The molecule has 0 aliphatic rings. The van der Waals surface area contributed by atoms with Crippen LogP contribution in [0.15, 0.2) is 0 Å². The van der Waals surface area contributed by atoms with Gasteiger partial charge in [-0.1, -0.05) is 0 Å². The van der Waals surface area contributed by atoms with E-state index in [1.54, 1.807) is 0 Å². The van der Waals surface area contributed by atoms with Gasteiger partial charge in [0.2, 0.25) is 11.8 Å². The number of Topliss-reactive ketones (excluding diaryl/α,β-unsaturated/α-hetero) is 1. The molecular formula is C8H14N2O3. The molecule has 0 bridgehead atoms. The average molecular weight is 186 g/mol. The molecule has 13 heavy (non-hydrogen) atoms. The molecule has 5 heteroatoms. The topological polar surface area (TPSA) is 89.3 Å². The molecule has 2 amide bonds. The van der Waals surface area contributed by atoms with Gasteiger partial charge in [-0.05, 0) is 13.3 Å². The minimum atomic E-state index is -0.593. The lowest BCUT2D eigenvalue weighted by Gasteiger charge is -2.12. The predicted molar refractivity (Wildman–Crippen MR) is 46.7 cm³/mol. The van der Waals surface area contributed by atoms with Crippen molar-refractivity contribution in [2.24, 2.45) is 5.73 Å². The van der Waals surface area contributed by atoms with E-state index in [4.69, 9.17) is 5.73 Å². The molecule has 0 aliphatic heterocycles. The Morgan fingerprint density at radius 1 is 1.31 bits per heavy atom. The molecule has 0 radical (unpaired) electrons. The van der Waals surface area contributed by atoms with Crippen molar-refractivity contribution >= 4 is 17.6 Å². The number of hydrogen-bond acceptors (Lipinski definition) is 3. The van der Waals surface area contributed by atoms with Gasteiger partial charge in [0.05, 0.1) is 6.04 Å². The number of amides is 2. The van der Waals surface area contributed by atoms with Crippen LogP contribution < -0.4 is 11.1 Å². The molecule has 0 aliphatic carbocycles. The number of carbonyl (C=O) groups is 3. The second kappa shape index (κ2) is 5.29. The molecule has 5 nitrogen and oxygen atoms in total. The molecule has 0 heterocycles. The van der Waals surface area contributed by atoms with Gasteiger partial charge in [0.1, 0.15) is 0 Å². The van der Waals surface area contributed by atoms with Crippen LogP contribution in [0.2, 0.25) is 0 Å². The van der Waals surface area contributed by atoms with Crippen LogP contribution in [0.5, 0.6) is 0 Å². The summed E-state index contributed by atoms with van der Waals surface area (Å²) in [5, 5.41) is 2.44. The lowest BCUT2D eigenvalue weighted by Crippen LogP contribution is -2.39. The molecule has 0 saturated carbocycles. The van der Waals surface area contributed by atoms with Crippen LogP contribution in [-0.2, 0) is 14.4 Å². The Labute approximate surface area is 76.7 Å². The van der Waals surface area contributed by atoms with Gasteiger partial charge >= 0.3 is 0 Å². The molecule has 0 aromatic heterocycles. The zero-order chi connectivity index (χ0) is 10.4. The summed E-state index contributed by atoms with van der Waals surface area (Å²) in [7, 11) is 0. The molecule has 0 aromatic carbocycles. The van der Waals surface area contributed by atoms with E-state index in [1.165, 1.54) is 13.8 Å². The van der Waals surface area contributed by atoms with Crippen molar-refractivity contribution in [3.63, 3.8) is 0 Å². The highest BCUT2D eigenvalue weighted by Crippen LogP contribution is 1.97. The van der Waals surface area contributed by atoms with Crippen molar-refractivity contribution < 1.29 is 14.4 Å². The smallest absolute Gasteiger partial charge is 0.217 e. The van der Waals surface area contributed by atoms with E-state index in [2.05, 4.69) is 5.32 Å². The highest BCUT2D eigenvalue weighted by molar-refractivity contribution is 5.87. The summed E-state index contributed by atoms with van der Waals surface area (Å²) >= 11 is 0. The number of ketones is 1. The highest BCUT2D eigenvalue weighted by Gasteiger charge is 2.15. The van der Waals surface area contributed by atoms with Crippen LogP contribution in [0.25, 0.3) is 0 Å². The lowest BCUT2D eigenvalue weighted by molar-refractivity contribution is -0.126. The Morgan fingerprint density at radius 2 is 1.85 bits per heavy atom. The van der Waals surface area contributed by atoms with Gasteiger partial charge < -0.3 is 11.1 Å². The molecule has 1 unspecified atom stereocenters. The van der Waals surface area contributed by atoms with E-state index in [1.807, 2.05) is 0 Å². The van der Waals surface area contributed by atoms with Gasteiger partial charge in [0, 0.05) is 13.3 Å². The number of carbonyl (C=O) groups excluding carboxylic acids is 3. The van der Waals surface area contributed by atoms with Crippen molar-refractivity contribution in [3.05, 3.63) is 0 Å². The van der Waals surface area contributed by atoms with Crippen LogP contribution in [0.4, 0.5) is 0 Å². The van der Waals surface area contributed by atoms with E-state index in [0.29, 0.717) is 0 Å². The van der Waals surface area contributed by atoms with Gasteiger partial charge in [-0.15, -0.1) is 0 Å². The number of hydrogen-bond donors (Lipinski definition) is 2. The minimum Gasteiger partial charge on any atom is -0.370 e. The van der Waals surface area contributed by atoms with E-state index in [-0.39, 0.29) is 24.5 Å². The van der Waals surface area contributed by atoms with Gasteiger partial charge in [-0.3, -0.25) is 14.4 Å². The Hall–Kier alpha value is -1.39. The van der Waals surface area contributed by atoms with Crippen molar-refractivity contribution in [1.29, 1.82) is 0 Å². The summed E-state index contributed by atoms with van der Waals surface area (Å²) in [6.45, 7) is 2.68. The zero-order valence-electron chi connectivity index (χ0n) is 7.79. The minimum absolute atomic E-state index is 0.102. The lowest BCUT2D eigenvalue weighted by atomic mass is 10.1. The number of rotatable bonds is 5. The third-order valence-corrected chi connectivity index (χ3v) is 1.55. The molecule has 1 atom stereocenters. The van der Waals surface area contributed by atoms with Gasteiger partial charge in [0.15, 0.2) is 5.78 Å². The van der Waals surface area contributed by atoms with E-state index in [9.17, 15) is 14.4 Å².